The molecule has 0 atom stereocenters. The maximum absolute atomic E-state index is 14.5. The Kier molecular flexibility index (Phi) is 14.2. The predicted molar refractivity (Wildman–Crippen MR) is 384 cm³/mol. The maximum Gasteiger partial charge on any atom is 0.164 e. The van der Waals surface area contributed by atoms with E-state index >= 15 is 0 Å². The van der Waals surface area contributed by atoms with Crippen LogP contribution in [0, 0.1) is 5.82 Å². The van der Waals surface area contributed by atoms with E-state index in [4.69, 9.17) is 29.9 Å². The summed E-state index contributed by atoms with van der Waals surface area (Å²) in [6.07, 6.45) is 0. The standard InChI is InChI=1S/C43H27FN4.C42H27N5/c44-36-12-7-13-40-42(36)47-41-25-23-35-26-34(22-24-39(35)48(40)41)30-16-20-32(21-17-30)38-27-37(45-43(46-38)33-10-5-2-6-11-33)31-18-14-29(15-19-31)28-8-3-1-4-9-28;1-3-9-28(10-4-1)29-15-19-32(20-16-29)41-44-40(31-11-5-2-6-12-31)45-42(46-41)33-21-17-30(18-22-33)34-23-25-37-35(27-34)24-26-39-43-36-13-7-8-14-38(36)47(37)39/h1-27H;1-27H. The molecule has 0 aliphatic rings. The fraction of sp³-hybridized carbons (Fsp3) is 0. The molecule has 0 spiro atoms. The van der Waals surface area contributed by atoms with Gasteiger partial charge in [-0.15, -0.1) is 0 Å². The van der Waals surface area contributed by atoms with E-state index in [1.165, 1.54) is 17.2 Å². The van der Waals surface area contributed by atoms with E-state index in [-0.39, 0.29) is 5.82 Å². The first-order chi connectivity index (χ1) is 46.9. The maximum atomic E-state index is 14.5. The molecule has 9 nitrogen and oxygen atoms in total. The SMILES string of the molecule is Fc1cccc2c1nc1ccc3cc(-c4ccc(-c5cc(-c6ccc(-c7ccccc7)cc6)nc(-c6ccccc6)n5)cc4)ccc3n12.c1ccc(-c2ccc(-c3nc(-c4ccccc4)nc(-c4ccc(-c5ccc6c(ccc7nc8ccccc8n76)c5)cc4)n3)cc2)cc1. The van der Waals surface area contributed by atoms with Crippen LogP contribution in [0.1, 0.15) is 0 Å². The second-order valence-corrected chi connectivity index (χ2v) is 23.5. The molecule has 18 rings (SSSR count). The number of nitrogens with zero attached hydrogens (tertiary/aromatic N) is 9. The Bertz CT molecular complexity index is 5860. The molecule has 6 aromatic heterocycles. The molecular weight excluding hydrogens is 1170 g/mol. The van der Waals surface area contributed by atoms with Gasteiger partial charge in [-0.1, -0.05) is 249 Å². The van der Waals surface area contributed by atoms with Crippen molar-refractivity contribution >= 4 is 55.2 Å². The molecular formula is C85H54FN9. The van der Waals surface area contributed by atoms with Crippen molar-refractivity contribution < 1.29 is 4.39 Å². The van der Waals surface area contributed by atoms with Gasteiger partial charge in [0.15, 0.2) is 29.1 Å². The fourth-order valence-electron chi connectivity index (χ4n) is 12.7. The molecule has 0 radical (unpaired) electrons. The van der Waals surface area contributed by atoms with Gasteiger partial charge < -0.3 is 0 Å². The van der Waals surface area contributed by atoms with Crippen molar-refractivity contribution in [3.63, 3.8) is 0 Å². The third-order valence-corrected chi connectivity index (χ3v) is 17.6. The van der Waals surface area contributed by atoms with Gasteiger partial charge >= 0.3 is 0 Å². The number of aromatic nitrogens is 9. The molecule has 0 aliphatic heterocycles. The monoisotopic (exact) mass is 1220 g/mol. The Morgan fingerprint density at radius 3 is 1.02 bits per heavy atom. The lowest BCUT2D eigenvalue weighted by Crippen LogP contribution is -2.00. The lowest BCUT2D eigenvalue weighted by Gasteiger charge is -2.11. The summed E-state index contributed by atoms with van der Waals surface area (Å²) in [6.45, 7) is 0. The first-order valence-corrected chi connectivity index (χ1v) is 31.5. The van der Waals surface area contributed by atoms with E-state index in [1.54, 1.807) is 6.07 Å². The van der Waals surface area contributed by atoms with Crippen LogP contribution in [0.5, 0.6) is 0 Å². The summed E-state index contributed by atoms with van der Waals surface area (Å²) in [5, 5.41) is 2.22. The fourth-order valence-corrected chi connectivity index (χ4v) is 12.7. The van der Waals surface area contributed by atoms with Crippen LogP contribution >= 0.6 is 0 Å². The predicted octanol–water partition coefficient (Wildman–Crippen LogP) is 21.1. The number of fused-ring (bicyclic) bond motifs is 10. The summed E-state index contributed by atoms with van der Waals surface area (Å²) < 4.78 is 18.7. The van der Waals surface area contributed by atoms with E-state index in [0.29, 0.717) is 28.8 Å². The highest BCUT2D eigenvalue weighted by atomic mass is 19.1. The molecule has 0 amide bonds. The number of halogens is 1. The Labute approximate surface area is 546 Å². The Balaban J connectivity index is 0.000000144. The average Bonchev–Trinajstić information content (AvgIpc) is 1.70. The summed E-state index contributed by atoms with van der Waals surface area (Å²) in [5.41, 5.74) is 23.8. The number of imidazole rings is 2. The second kappa shape index (κ2) is 24.0. The minimum absolute atomic E-state index is 0.311. The lowest BCUT2D eigenvalue weighted by molar-refractivity contribution is 0.637. The second-order valence-electron chi connectivity index (χ2n) is 23.5. The van der Waals surface area contributed by atoms with Gasteiger partial charge in [0.05, 0.1) is 39.0 Å². The highest BCUT2D eigenvalue weighted by Gasteiger charge is 2.17. The van der Waals surface area contributed by atoms with E-state index in [1.807, 2.05) is 101 Å². The van der Waals surface area contributed by atoms with Crippen LogP contribution in [0.15, 0.2) is 328 Å². The Morgan fingerprint density at radius 1 is 0.211 bits per heavy atom. The normalized spacial score (nSPS) is 11.4. The largest absolute Gasteiger partial charge is 0.292 e. The molecule has 95 heavy (non-hydrogen) atoms. The molecule has 12 aromatic carbocycles. The zero-order chi connectivity index (χ0) is 63.2. The minimum atomic E-state index is -0.311. The van der Waals surface area contributed by atoms with Crippen LogP contribution in [0.2, 0.25) is 0 Å². The lowest BCUT2D eigenvalue weighted by atomic mass is 9.99. The smallest absolute Gasteiger partial charge is 0.164 e. The van der Waals surface area contributed by atoms with Crippen molar-refractivity contribution in [2.75, 3.05) is 0 Å². The number of para-hydroxylation sites is 3. The molecule has 0 bridgehead atoms. The molecule has 0 unspecified atom stereocenters. The number of pyridine rings is 2. The molecule has 446 valence electrons. The van der Waals surface area contributed by atoms with Gasteiger partial charge in [-0.3, -0.25) is 8.80 Å². The molecule has 0 saturated carbocycles. The van der Waals surface area contributed by atoms with Crippen LogP contribution in [0.3, 0.4) is 0 Å². The third kappa shape index (κ3) is 10.9. The van der Waals surface area contributed by atoms with E-state index < -0.39 is 0 Å². The first kappa shape index (κ1) is 56.1. The molecule has 0 fully saturated rings. The average molecular weight is 1220 g/mol. The summed E-state index contributed by atoms with van der Waals surface area (Å²) >= 11 is 0. The summed E-state index contributed by atoms with van der Waals surface area (Å²) in [7, 11) is 0. The van der Waals surface area contributed by atoms with Gasteiger partial charge in [-0.05, 0) is 134 Å². The van der Waals surface area contributed by atoms with Gasteiger partial charge in [0.1, 0.15) is 16.8 Å². The topological polar surface area (TPSA) is 99.0 Å². The van der Waals surface area contributed by atoms with Gasteiger partial charge in [0, 0.05) is 33.4 Å². The quantitative estimate of drug-likeness (QED) is 0.134. The van der Waals surface area contributed by atoms with Crippen molar-refractivity contribution in [1.82, 2.24) is 43.7 Å². The molecule has 18 aromatic rings. The van der Waals surface area contributed by atoms with E-state index in [0.717, 1.165) is 128 Å². The van der Waals surface area contributed by atoms with Crippen LogP contribution in [0.4, 0.5) is 4.39 Å². The van der Waals surface area contributed by atoms with Crippen molar-refractivity contribution in [2.45, 2.75) is 0 Å². The summed E-state index contributed by atoms with van der Waals surface area (Å²) in [6, 6.07) is 112. The van der Waals surface area contributed by atoms with Crippen molar-refractivity contribution in [3.05, 3.63) is 333 Å². The number of rotatable bonds is 10. The number of hydrogen-bond acceptors (Lipinski definition) is 7. The minimum Gasteiger partial charge on any atom is -0.292 e. The molecule has 0 saturated heterocycles. The van der Waals surface area contributed by atoms with Crippen molar-refractivity contribution in [2.24, 2.45) is 0 Å². The summed E-state index contributed by atoms with van der Waals surface area (Å²) in [5.74, 6) is 2.31. The summed E-state index contributed by atoms with van der Waals surface area (Å²) in [4.78, 5) is 34.1. The highest BCUT2D eigenvalue weighted by molar-refractivity contribution is 5.95. The highest BCUT2D eigenvalue weighted by Crippen LogP contribution is 2.36. The van der Waals surface area contributed by atoms with Crippen molar-refractivity contribution in [3.8, 4) is 113 Å². The van der Waals surface area contributed by atoms with Gasteiger partial charge in [-0.25, -0.2) is 39.3 Å². The van der Waals surface area contributed by atoms with Gasteiger partial charge in [0.25, 0.3) is 0 Å². The zero-order valence-electron chi connectivity index (χ0n) is 51.1. The van der Waals surface area contributed by atoms with E-state index in [2.05, 4.69) is 228 Å². The van der Waals surface area contributed by atoms with Crippen molar-refractivity contribution in [1.29, 1.82) is 0 Å². The van der Waals surface area contributed by atoms with Crippen LogP contribution < -0.4 is 0 Å². The van der Waals surface area contributed by atoms with Crippen LogP contribution in [0.25, 0.3) is 168 Å². The first-order valence-electron chi connectivity index (χ1n) is 31.5. The third-order valence-electron chi connectivity index (χ3n) is 17.6. The van der Waals surface area contributed by atoms with E-state index in [9.17, 15) is 4.39 Å². The Hall–Kier alpha value is -12.9. The van der Waals surface area contributed by atoms with Crippen LogP contribution in [-0.2, 0) is 0 Å². The molecule has 0 N–H and O–H groups in total. The van der Waals surface area contributed by atoms with Gasteiger partial charge in [0.2, 0.25) is 0 Å². The van der Waals surface area contributed by atoms with Crippen LogP contribution in [-0.4, -0.2) is 43.7 Å². The zero-order valence-corrected chi connectivity index (χ0v) is 51.1. The number of hydrogen-bond donors (Lipinski definition) is 0. The van der Waals surface area contributed by atoms with Gasteiger partial charge in [-0.2, -0.15) is 0 Å². The molecule has 10 heteroatoms. The molecule has 6 heterocycles. The number of benzene rings is 12. The Morgan fingerprint density at radius 2 is 0.547 bits per heavy atom. The molecule has 0 aliphatic carbocycles.